The van der Waals surface area contributed by atoms with Crippen molar-refractivity contribution in [3.05, 3.63) is 35.4 Å². The van der Waals surface area contributed by atoms with Crippen molar-refractivity contribution < 1.29 is 4.79 Å². The molecule has 2 rings (SSSR count). The summed E-state index contributed by atoms with van der Waals surface area (Å²) in [5.74, 6) is 1.68. The van der Waals surface area contributed by atoms with Gasteiger partial charge in [0.2, 0.25) is 0 Å². The number of halogens is 1. The molecule has 4 heteroatoms. The molecular formula is C15H20ClNOS. The molecule has 2 unspecified atom stereocenters. The van der Waals surface area contributed by atoms with Gasteiger partial charge in [-0.05, 0) is 42.7 Å². The van der Waals surface area contributed by atoms with Gasteiger partial charge in [-0.2, -0.15) is 11.8 Å². The Morgan fingerprint density at radius 3 is 2.74 bits per heavy atom. The fourth-order valence-corrected chi connectivity index (χ4v) is 3.79. The van der Waals surface area contributed by atoms with E-state index in [-0.39, 0.29) is 5.91 Å². The van der Waals surface area contributed by atoms with Crippen LogP contribution in [0, 0.1) is 0 Å². The van der Waals surface area contributed by atoms with E-state index in [1.54, 1.807) is 0 Å². The largest absolute Gasteiger partial charge is 0.349 e. The Kier molecular flexibility index (Phi) is 5.59. The van der Waals surface area contributed by atoms with Crippen LogP contribution < -0.4 is 5.32 Å². The second-order valence-corrected chi connectivity index (χ2v) is 6.74. The number of rotatable bonds is 5. The quantitative estimate of drug-likeness (QED) is 0.837. The van der Waals surface area contributed by atoms with Crippen LogP contribution in [0.3, 0.4) is 0 Å². The Hall–Kier alpha value is -0.670. The van der Waals surface area contributed by atoms with Crippen LogP contribution in [0.5, 0.6) is 0 Å². The van der Waals surface area contributed by atoms with Crippen molar-refractivity contribution >= 4 is 29.3 Å². The van der Waals surface area contributed by atoms with Crippen molar-refractivity contribution in [2.24, 2.45) is 0 Å². The molecule has 1 saturated carbocycles. The van der Waals surface area contributed by atoms with Gasteiger partial charge in [0.05, 0.1) is 0 Å². The van der Waals surface area contributed by atoms with Gasteiger partial charge in [-0.1, -0.05) is 19.1 Å². The summed E-state index contributed by atoms with van der Waals surface area (Å²) in [4.78, 5) is 12.1. The van der Waals surface area contributed by atoms with Crippen molar-refractivity contribution in [2.75, 3.05) is 5.75 Å². The number of nitrogens with one attached hydrogen (secondary N) is 1. The number of thioether (sulfide) groups is 1. The van der Waals surface area contributed by atoms with E-state index in [9.17, 15) is 4.79 Å². The lowest BCUT2D eigenvalue weighted by molar-refractivity contribution is 0.0938. The molecule has 0 aliphatic heterocycles. The molecule has 0 aromatic heterocycles. The third-order valence-electron chi connectivity index (χ3n) is 3.49. The van der Waals surface area contributed by atoms with Crippen molar-refractivity contribution in [2.45, 2.75) is 43.4 Å². The highest BCUT2D eigenvalue weighted by atomic mass is 35.5. The van der Waals surface area contributed by atoms with Gasteiger partial charge in [0.25, 0.3) is 5.91 Å². The maximum Gasteiger partial charge on any atom is 0.251 e. The molecule has 104 valence electrons. The van der Waals surface area contributed by atoms with Crippen molar-refractivity contribution in [3.8, 4) is 0 Å². The molecule has 1 aromatic rings. The summed E-state index contributed by atoms with van der Waals surface area (Å²) in [6.45, 7) is 2.19. The molecule has 1 fully saturated rings. The standard InChI is InChI=1S/C15H20ClNOS/c1-2-19-14-8-7-13(9-14)17-15(18)12-5-3-11(10-16)4-6-12/h3-6,13-14H,2,7-10H2,1H3,(H,17,18). The van der Waals surface area contributed by atoms with Crippen LogP contribution in [-0.2, 0) is 5.88 Å². The maximum atomic E-state index is 12.1. The molecule has 1 aliphatic rings. The SMILES string of the molecule is CCSC1CCC(NC(=O)c2ccc(CCl)cc2)C1. The van der Waals surface area contributed by atoms with Crippen LogP contribution in [0.4, 0.5) is 0 Å². The zero-order chi connectivity index (χ0) is 13.7. The van der Waals surface area contributed by atoms with Crippen LogP contribution >= 0.6 is 23.4 Å². The minimum Gasteiger partial charge on any atom is -0.349 e. The van der Waals surface area contributed by atoms with Gasteiger partial charge in [-0.25, -0.2) is 0 Å². The zero-order valence-electron chi connectivity index (χ0n) is 11.2. The van der Waals surface area contributed by atoms with Crippen LogP contribution in [0.25, 0.3) is 0 Å². The van der Waals surface area contributed by atoms with Crippen LogP contribution in [0.2, 0.25) is 0 Å². The molecule has 0 bridgehead atoms. The molecule has 1 aromatic carbocycles. The van der Waals surface area contributed by atoms with E-state index in [1.807, 2.05) is 36.0 Å². The summed E-state index contributed by atoms with van der Waals surface area (Å²) >= 11 is 7.74. The number of carbonyl (C=O) groups is 1. The summed E-state index contributed by atoms with van der Waals surface area (Å²) < 4.78 is 0. The lowest BCUT2D eigenvalue weighted by Gasteiger charge is -2.13. The minimum absolute atomic E-state index is 0.0354. The number of benzene rings is 1. The van der Waals surface area contributed by atoms with Gasteiger partial charge >= 0.3 is 0 Å². The predicted molar refractivity (Wildman–Crippen MR) is 83.0 cm³/mol. The molecule has 1 aliphatic carbocycles. The zero-order valence-corrected chi connectivity index (χ0v) is 12.8. The molecule has 2 atom stereocenters. The molecule has 1 amide bonds. The van der Waals surface area contributed by atoms with Gasteiger partial charge in [0.15, 0.2) is 0 Å². The predicted octanol–water partition coefficient (Wildman–Crippen LogP) is 3.83. The molecule has 2 nitrogen and oxygen atoms in total. The first kappa shape index (κ1) is 14.7. The monoisotopic (exact) mass is 297 g/mol. The molecule has 0 spiro atoms. The third-order valence-corrected chi connectivity index (χ3v) is 5.03. The highest BCUT2D eigenvalue weighted by Crippen LogP contribution is 2.29. The third kappa shape index (κ3) is 4.15. The Bertz CT molecular complexity index is 421. The van der Waals surface area contributed by atoms with E-state index in [0.717, 1.165) is 29.7 Å². The highest BCUT2D eigenvalue weighted by molar-refractivity contribution is 7.99. The summed E-state index contributed by atoms with van der Waals surface area (Å²) in [5, 5.41) is 3.85. The topological polar surface area (TPSA) is 29.1 Å². The number of hydrogen-bond donors (Lipinski definition) is 1. The molecule has 19 heavy (non-hydrogen) atoms. The van der Waals surface area contributed by atoms with Gasteiger partial charge in [-0.15, -0.1) is 11.6 Å². The molecule has 0 saturated heterocycles. The summed E-state index contributed by atoms with van der Waals surface area (Å²) in [6, 6.07) is 7.85. The first-order valence-corrected chi connectivity index (χ1v) is 8.38. The smallest absolute Gasteiger partial charge is 0.251 e. The van der Waals surface area contributed by atoms with E-state index in [1.165, 1.54) is 6.42 Å². The van der Waals surface area contributed by atoms with Crippen molar-refractivity contribution in [3.63, 3.8) is 0 Å². The van der Waals surface area contributed by atoms with E-state index < -0.39 is 0 Å². The number of alkyl halides is 1. The number of hydrogen-bond acceptors (Lipinski definition) is 2. The molecule has 1 N–H and O–H groups in total. The average Bonchev–Trinajstić information content (AvgIpc) is 2.86. The van der Waals surface area contributed by atoms with Crippen molar-refractivity contribution in [1.82, 2.24) is 5.32 Å². The summed E-state index contributed by atoms with van der Waals surface area (Å²) in [7, 11) is 0. The normalized spacial score (nSPS) is 22.4. The van der Waals surface area contributed by atoms with Gasteiger partial charge in [-0.3, -0.25) is 4.79 Å². The highest BCUT2D eigenvalue weighted by Gasteiger charge is 2.25. The number of amides is 1. The Morgan fingerprint density at radius 1 is 1.37 bits per heavy atom. The van der Waals surface area contributed by atoms with E-state index in [2.05, 4.69) is 12.2 Å². The summed E-state index contributed by atoms with van der Waals surface area (Å²) in [6.07, 6.45) is 3.42. The van der Waals surface area contributed by atoms with E-state index >= 15 is 0 Å². The van der Waals surface area contributed by atoms with E-state index in [0.29, 0.717) is 17.2 Å². The van der Waals surface area contributed by atoms with Crippen molar-refractivity contribution in [1.29, 1.82) is 0 Å². The Morgan fingerprint density at radius 2 is 2.11 bits per heavy atom. The van der Waals surface area contributed by atoms with Crippen LogP contribution in [0.15, 0.2) is 24.3 Å². The Labute approximate surface area is 124 Å². The lowest BCUT2D eigenvalue weighted by atomic mass is 10.1. The lowest BCUT2D eigenvalue weighted by Crippen LogP contribution is -2.33. The molecule has 0 heterocycles. The Balaban J connectivity index is 1.87. The second kappa shape index (κ2) is 7.20. The average molecular weight is 298 g/mol. The van der Waals surface area contributed by atoms with Gasteiger partial charge in [0.1, 0.15) is 0 Å². The van der Waals surface area contributed by atoms with Crippen LogP contribution in [-0.4, -0.2) is 23.0 Å². The maximum absolute atomic E-state index is 12.1. The first-order chi connectivity index (χ1) is 9.22. The molecule has 0 radical (unpaired) electrons. The second-order valence-electron chi connectivity index (χ2n) is 4.89. The van der Waals surface area contributed by atoms with Crippen LogP contribution in [0.1, 0.15) is 42.1 Å². The first-order valence-electron chi connectivity index (χ1n) is 6.80. The minimum atomic E-state index is 0.0354. The summed E-state index contributed by atoms with van der Waals surface area (Å²) in [5.41, 5.74) is 1.76. The van der Waals surface area contributed by atoms with E-state index in [4.69, 9.17) is 11.6 Å². The fourth-order valence-electron chi connectivity index (χ4n) is 2.47. The molecular weight excluding hydrogens is 278 g/mol. The fraction of sp³-hybridized carbons (Fsp3) is 0.533. The van der Waals surface area contributed by atoms with Gasteiger partial charge in [0, 0.05) is 22.7 Å². The number of carbonyl (C=O) groups excluding carboxylic acids is 1. The van der Waals surface area contributed by atoms with Gasteiger partial charge < -0.3 is 5.32 Å².